The van der Waals surface area contributed by atoms with Gasteiger partial charge in [0.15, 0.2) is 5.78 Å². The smallest absolute Gasteiger partial charge is 0.170 e. The van der Waals surface area contributed by atoms with Crippen molar-refractivity contribution < 1.29 is 9.53 Å². The highest BCUT2D eigenvalue weighted by Gasteiger charge is 2.12. The van der Waals surface area contributed by atoms with Crippen LogP contribution in [0.4, 0.5) is 0 Å². The van der Waals surface area contributed by atoms with Gasteiger partial charge in [-0.15, -0.1) is 0 Å². The average molecular weight is 245 g/mol. The molecule has 2 aromatic rings. The van der Waals surface area contributed by atoms with Crippen LogP contribution in [-0.2, 0) is 13.5 Å². The number of ether oxygens (including phenoxy) is 1. The Morgan fingerprint density at radius 3 is 2.83 bits per heavy atom. The molecule has 0 aliphatic rings. The van der Waals surface area contributed by atoms with Crippen molar-refractivity contribution >= 4 is 5.78 Å². The molecule has 0 amide bonds. The molecule has 0 atom stereocenters. The predicted octanol–water partition coefficient (Wildman–Crippen LogP) is 1.56. The van der Waals surface area contributed by atoms with Gasteiger partial charge in [0.1, 0.15) is 17.9 Å². The first kappa shape index (κ1) is 12.3. The lowest BCUT2D eigenvalue weighted by molar-refractivity contribution is 0.0989. The number of benzene rings is 1. The van der Waals surface area contributed by atoms with Gasteiger partial charge in [0.05, 0.1) is 13.5 Å². The Bertz CT molecular complexity index is 575. The molecule has 1 heterocycles. The highest BCUT2D eigenvalue weighted by atomic mass is 16.5. The van der Waals surface area contributed by atoms with Gasteiger partial charge in [0, 0.05) is 12.6 Å². The lowest BCUT2D eigenvalue weighted by Gasteiger charge is -2.07. The molecular formula is C13H15N3O2. The Morgan fingerprint density at radius 2 is 2.22 bits per heavy atom. The van der Waals surface area contributed by atoms with Gasteiger partial charge in [-0.2, -0.15) is 5.10 Å². The number of rotatable bonds is 4. The number of aromatic nitrogens is 3. The molecule has 0 saturated carbocycles. The Balaban J connectivity index is 2.21. The number of carbonyl (C=O) groups excluding carboxylic acids is 1. The quantitative estimate of drug-likeness (QED) is 0.767. The third-order valence-electron chi connectivity index (χ3n) is 2.85. The average Bonchev–Trinajstić information content (AvgIpc) is 2.75. The molecule has 18 heavy (non-hydrogen) atoms. The van der Waals surface area contributed by atoms with Crippen molar-refractivity contribution in [2.45, 2.75) is 13.3 Å². The van der Waals surface area contributed by atoms with Crippen LogP contribution < -0.4 is 4.74 Å². The van der Waals surface area contributed by atoms with Gasteiger partial charge in [-0.25, -0.2) is 4.98 Å². The monoisotopic (exact) mass is 245 g/mol. The molecule has 5 nitrogen and oxygen atoms in total. The predicted molar refractivity (Wildman–Crippen MR) is 66.8 cm³/mol. The molecule has 5 heteroatoms. The molecule has 0 N–H and O–H groups in total. The van der Waals surface area contributed by atoms with E-state index in [9.17, 15) is 4.79 Å². The summed E-state index contributed by atoms with van der Waals surface area (Å²) in [5.74, 6) is 1.38. The maximum atomic E-state index is 12.1. The second kappa shape index (κ2) is 5.00. The van der Waals surface area contributed by atoms with E-state index < -0.39 is 0 Å². The van der Waals surface area contributed by atoms with Crippen molar-refractivity contribution in [2.24, 2.45) is 7.05 Å². The largest absolute Gasteiger partial charge is 0.496 e. The lowest BCUT2D eigenvalue weighted by atomic mass is 10.1. The number of ketones is 1. The van der Waals surface area contributed by atoms with Crippen LogP contribution >= 0.6 is 0 Å². The first-order valence-electron chi connectivity index (χ1n) is 5.62. The molecular weight excluding hydrogens is 230 g/mol. The number of nitrogens with zero attached hydrogens (tertiary/aromatic N) is 3. The van der Waals surface area contributed by atoms with Crippen molar-refractivity contribution in [2.75, 3.05) is 7.11 Å². The van der Waals surface area contributed by atoms with Crippen LogP contribution in [-0.4, -0.2) is 27.7 Å². The van der Waals surface area contributed by atoms with Crippen LogP contribution in [0.5, 0.6) is 5.75 Å². The third kappa shape index (κ3) is 2.40. The van der Waals surface area contributed by atoms with Crippen LogP contribution in [0.15, 0.2) is 24.5 Å². The minimum atomic E-state index is 0.00407. The zero-order valence-electron chi connectivity index (χ0n) is 10.7. The molecule has 1 aromatic carbocycles. The Labute approximate surface area is 105 Å². The second-order valence-corrected chi connectivity index (χ2v) is 4.08. The number of aryl methyl sites for hydroxylation is 2. The van der Waals surface area contributed by atoms with Gasteiger partial charge in [-0.3, -0.25) is 9.48 Å². The molecule has 0 aliphatic heterocycles. The third-order valence-corrected chi connectivity index (χ3v) is 2.85. The highest BCUT2D eigenvalue weighted by molar-refractivity contribution is 5.97. The van der Waals surface area contributed by atoms with Crippen LogP contribution in [0.3, 0.4) is 0 Å². The molecule has 0 radical (unpaired) electrons. The lowest BCUT2D eigenvalue weighted by Crippen LogP contribution is -2.09. The van der Waals surface area contributed by atoms with E-state index in [0.29, 0.717) is 11.4 Å². The summed E-state index contributed by atoms with van der Waals surface area (Å²) in [6, 6.07) is 5.44. The summed E-state index contributed by atoms with van der Waals surface area (Å²) in [7, 11) is 3.37. The molecule has 0 bridgehead atoms. The van der Waals surface area contributed by atoms with E-state index in [1.54, 1.807) is 31.0 Å². The fraction of sp³-hybridized carbons (Fsp3) is 0.308. The first-order valence-corrected chi connectivity index (χ1v) is 5.62. The molecule has 0 fully saturated rings. The summed E-state index contributed by atoms with van der Waals surface area (Å²) in [4.78, 5) is 16.1. The minimum Gasteiger partial charge on any atom is -0.496 e. The van der Waals surface area contributed by atoms with Crippen LogP contribution in [0.1, 0.15) is 21.7 Å². The van der Waals surface area contributed by atoms with Gasteiger partial charge in [0.2, 0.25) is 0 Å². The first-order chi connectivity index (χ1) is 8.61. The fourth-order valence-corrected chi connectivity index (χ4v) is 1.72. The van der Waals surface area contributed by atoms with Gasteiger partial charge in [0.25, 0.3) is 0 Å². The molecule has 0 spiro atoms. The van der Waals surface area contributed by atoms with Crippen molar-refractivity contribution in [3.63, 3.8) is 0 Å². The van der Waals surface area contributed by atoms with Crippen molar-refractivity contribution in [1.82, 2.24) is 14.8 Å². The maximum Gasteiger partial charge on any atom is 0.170 e. The fourth-order valence-electron chi connectivity index (χ4n) is 1.72. The Hall–Kier alpha value is -2.17. The van der Waals surface area contributed by atoms with E-state index in [0.717, 1.165) is 11.3 Å². The van der Waals surface area contributed by atoms with E-state index in [4.69, 9.17) is 4.74 Å². The summed E-state index contributed by atoms with van der Waals surface area (Å²) in [5.41, 5.74) is 1.63. The van der Waals surface area contributed by atoms with Gasteiger partial charge >= 0.3 is 0 Å². The van der Waals surface area contributed by atoms with E-state index in [-0.39, 0.29) is 12.2 Å². The molecule has 94 valence electrons. The summed E-state index contributed by atoms with van der Waals surface area (Å²) >= 11 is 0. The number of Topliss-reactive ketones (excluding diaryl/α,β-unsaturated/α-hetero) is 1. The number of carbonyl (C=O) groups is 1. The van der Waals surface area contributed by atoms with Crippen molar-refractivity contribution in [3.8, 4) is 5.75 Å². The number of hydrogen-bond acceptors (Lipinski definition) is 4. The van der Waals surface area contributed by atoms with E-state index in [1.807, 2.05) is 13.0 Å². The second-order valence-electron chi connectivity index (χ2n) is 4.08. The van der Waals surface area contributed by atoms with Crippen molar-refractivity contribution in [1.29, 1.82) is 0 Å². The summed E-state index contributed by atoms with van der Waals surface area (Å²) in [5, 5.41) is 3.94. The summed E-state index contributed by atoms with van der Waals surface area (Å²) in [6.07, 6.45) is 1.68. The van der Waals surface area contributed by atoms with Gasteiger partial charge < -0.3 is 4.74 Å². The molecule has 1 aromatic heterocycles. The van der Waals surface area contributed by atoms with E-state index in [1.165, 1.54) is 6.33 Å². The van der Waals surface area contributed by atoms with Gasteiger partial charge in [-0.05, 0) is 18.6 Å². The molecule has 2 rings (SSSR count). The van der Waals surface area contributed by atoms with Crippen LogP contribution in [0.25, 0.3) is 0 Å². The van der Waals surface area contributed by atoms with Crippen molar-refractivity contribution in [3.05, 3.63) is 41.5 Å². The van der Waals surface area contributed by atoms with Crippen LogP contribution in [0.2, 0.25) is 0 Å². The zero-order chi connectivity index (χ0) is 13.1. The normalized spacial score (nSPS) is 10.4. The van der Waals surface area contributed by atoms with E-state index in [2.05, 4.69) is 10.1 Å². The molecule has 0 saturated heterocycles. The van der Waals surface area contributed by atoms with E-state index >= 15 is 0 Å². The number of hydrogen-bond donors (Lipinski definition) is 0. The van der Waals surface area contributed by atoms with Gasteiger partial charge in [-0.1, -0.05) is 12.1 Å². The molecule has 0 unspecified atom stereocenters. The highest BCUT2D eigenvalue weighted by Crippen LogP contribution is 2.19. The van der Waals surface area contributed by atoms with Crippen LogP contribution in [0, 0.1) is 6.92 Å². The molecule has 0 aliphatic carbocycles. The zero-order valence-corrected chi connectivity index (χ0v) is 10.7. The SMILES string of the molecule is COc1cc(C(=O)Cc2ncnn2C)ccc1C. The Morgan fingerprint density at radius 1 is 1.44 bits per heavy atom. The maximum absolute atomic E-state index is 12.1. The number of methoxy groups -OCH3 is 1. The Kier molecular flexibility index (Phi) is 3.41. The summed E-state index contributed by atoms with van der Waals surface area (Å²) < 4.78 is 6.81. The standard InChI is InChI=1S/C13H15N3O2/c1-9-4-5-10(6-12(9)18-3)11(17)7-13-14-8-15-16(13)2/h4-6,8H,7H2,1-3H3. The minimum absolute atomic E-state index is 0.00407. The summed E-state index contributed by atoms with van der Waals surface area (Å²) in [6.45, 7) is 1.94. The topological polar surface area (TPSA) is 57.0 Å².